The molecule has 3 N–H and O–H groups in total. The molecule has 0 aliphatic carbocycles. The van der Waals surface area contributed by atoms with E-state index in [-0.39, 0.29) is 11.3 Å². The highest BCUT2D eigenvalue weighted by Gasteiger charge is 2.34. The van der Waals surface area contributed by atoms with Gasteiger partial charge in [0.2, 0.25) is 10.0 Å². The van der Waals surface area contributed by atoms with Crippen molar-refractivity contribution in [1.82, 2.24) is 4.72 Å². The lowest BCUT2D eigenvalue weighted by Crippen LogP contribution is -2.51. The van der Waals surface area contributed by atoms with E-state index < -0.39 is 40.8 Å². The fraction of sp³-hybridized carbons (Fsp3) is 0.533. The molecule has 134 valence electrons. The minimum atomic E-state index is -3.78. The Kier molecular flexibility index (Phi) is 6.16. The molecule has 1 aromatic carbocycles. The second-order valence-electron chi connectivity index (χ2n) is 5.56. The monoisotopic (exact) mass is 359 g/mol. The summed E-state index contributed by atoms with van der Waals surface area (Å²) in [5.74, 6) is -0.450. The molecule has 24 heavy (non-hydrogen) atoms. The zero-order chi connectivity index (χ0) is 17.7. The van der Waals surface area contributed by atoms with Crippen LogP contribution in [0.3, 0.4) is 0 Å². The lowest BCUT2D eigenvalue weighted by molar-refractivity contribution is -0.145. The van der Waals surface area contributed by atoms with Gasteiger partial charge in [-0.2, -0.15) is 0 Å². The highest BCUT2D eigenvalue weighted by Crippen LogP contribution is 2.24. The minimum Gasteiger partial charge on any atom is -0.497 e. The molecule has 3 atom stereocenters. The van der Waals surface area contributed by atoms with E-state index in [1.165, 1.54) is 19.2 Å². The fourth-order valence-electron chi connectivity index (χ4n) is 2.63. The van der Waals surface area contributed by atoms with E-state index in [2.05, 4.69) is 4.72 Å². The van der Waals surface area contributed by atoms with Crippen molar-refractivity contribution in [2.24, 2.45) is 0 Å². The van der Waals surface area contributed by atoms with Gasteiger partial charge < -0.3 is 19.7 Å². The summed E-state index contributed by atoms with van der Waals surface area (Å²) in [7, 11) is -2.29. The zero-order valence-electron chi connectivity index (χ0n) is 13.2. The first kappa shape index (κ1) is 18.7. The number of carboxylic acid groups (broad SMARTS) is 1. The van der Waals surface area contributed by atoms with E-state index in [0.717, 1.165) is 0 Å². The maximum atomic E-state index is 12.4. The van der Waals surface area contributed by atoms with Gasteiger partial charge in [0.25, 0.3) is 0 Å². The average Bonchev–Trinajstić information content (AvgIpc) is 2.55. The van der Waals surface area contributed by atoms with Crippen LogP contribution in [0.15, 0.2) is 29.2 Å². The molecular formula is C15H21NO7S. The number of hydrogen-bond donors (Lipinski definition) is 3. The summed E-state index contributed by atoms with van der Waals surface area (Å²) in [6.45, 7) is -0.397. The molecule has 0 radical (unpaired) electrons. The number of methoxy groups -OCH3 is 1. The van der Waals surface area contributed by atoms with E-state index in [1.807, 2.05) is 0 Å². The Hall–Kier alpha value is -1.68. The van der Waals surface area contributed by atoms with Gasteiger partial charge in [-0.15, -0.1) is 0 Å². The molecule has 0 amide bonds. The van der Waals surface area contributed by atoms with Crippen LogP contribution in [-0.2, 0) is 19.6 Å². The Balaban J connectivity index is 2.06. The molecule has 1 aliphatic heterocycles. The van der Waals surface area contributed by atoms with Crippen LogP contribution >= 0.6 is 0 Å². The predicted octanol–water partition coefficient (Wildman–Crippen LogP) is 0.357. The van der Waals surface area contributed by atoms with Crippen LogP contribution in [0.5, 0.6) is 5.75 Å². The second kappa shape index (κ2) is 7.93. The molecule has 0 saturated carbocycles. The molecule has 1 heterocycles. The summed E-state index contributed by atoms with van der Waals surface area (Å²) in [4.78, 5) is 10.8. The number of carboxylic acids is 1. The van der Waals surface area contributed by atoms with Crippen LogP contribution in [0.1, 0.15) is 19.3 Å². The van der Waals surface area contributed by atoms with Crippen molar-refractivity contribution in [3.05, 3.63) is 24.3 Å². The normalized spacial score (nSPS) is 24.5. The maximum Gasteiger partial charge on any atom is 0.305 e. The number of benzene rings is 1. The van der Waals surface area contributed by atoms with Crippen LogP contribution in [-0.4, -0.2) is 56.6 Å². The second-order valence-corrected chi connectivity index (χ2v) is 7.27. The number of sulfonamides is 1. The number of nitrogens with one attached hydrogen (secondary N) is 1. The lowest BCUT2D eigenvalue weighted by Gasteiger charge is -2.35. The molecule has 0 spiro atoms. The zero-order valence-corrected chi connectivity index (χ0v) is 14.0. The van der Waals surface area contributed by atoms with Gasteiger partial charge in [0.15, 0.2) is 0 Å². The van der Waals surface area contributed by atoms with Gasteiger partial charge in [0.1, 0.15) is 5.75 Å². The molecule has 1 aromatic rings. The molecule has 8 nitrogen and oxygen atoms in total. The number of hydrogen-bond acceptors (Lipinski definition) is 6. The average molecular weight is 359 g/mol. The summed E-state index contributed by atoms with van der Waals surface area (Å²) in [6.07, 6.45) is -0.691. The number of aliphatic hydroxyl groups is 1. The van der Waals surface area contributed by atoms with Gasteiger partial charge in [0.05, 0.1) is 43.3 Å². The Morgan fingerprint density at radius 3 is 2.54 bits per heavy atom. The predicted molar refractivity (Wildman–Crippen MR) is 84.3 cm³/mol. The SMILES string of the molecule is COc1ccc(S(=O)(=O)N[C@@H]2CC[C@H](CC(=O)O)O[C@H]2CO)cc1. The topological polar surface area (TPSA) is 122 Å². The summed E-state index contributed by atoms with van der Waals surface area (Å²) in [5, 5.41) is 18.2. The number of carbonyl (C=O) groups is 1. The molecule has 0 bridgehead atoms. The van der Waals surface area contributed by atoms with Gasteiger partial charge in [-0.05, 0) is 37.1 Å². The largest absolute Gasteiger partial charge is 0.497 e. The van der Waals surface area contributed by atoms with E-state index in [4.69, 9.17) is 14.6 Å². The standard InChI is InChI=1S/C15H21NO7S/c1-22-10-2-5-12(6-3-10)24(20,21)16-13-7-4-11(8-15(18)19)23-14(13)9-17/h2-3,5-6,11,13-14,16-17H,4,7-9H2,1H3,(H,18,19)/t11-,13-,14+/m1/s1. The number of aliphatic carboxylic acids is 1. The van der Waals surface area contributed by atoms with E-state index >= 15 is 0 Å². The molecule has 1 saturated heterocycles. The fourth-order valence-corrected chi connectivity index (χ4v) is 3.93. The third-order valence-electron chi connectivity index (χ3n) is 3.87. The third-order valence-corrected chi connectivity index (χ3v) is 5.38. The highest BCUT2D eigenvalue weighted by atomic mass is 32.2. The smallest absolute Gasteiger partial charge is 0.305 e. The van der Waals surface area contributed by atoms with Crippen molar-refractivity contribution < 1.29 is 32.9 Å². The molecular weight excluding hydrogens is 338 g/mol. The Labute approximate surface area is 140 Å². The summed E-state index contributed by atoms with van der Waals surface area (Å²) < 4.78 is 37.9. The van der Waals surface area contributed by atoms with Crippen molar-refractivity contribution in [2.45, 2.75) is 42.4 Å². The van der Waals surface area contributed by atoms with Crippen LogP contribution in [0.4, 0.5) is 0 Å². The van der Waals surface area contributed by atoms with Crippen LogP contribution in [0, 0.1) is 0 Å². The Bertz CT molecular complexity index is 659. The Morgan fingerprint density at radius 1 is 1.33 bits per heavy atom. The number of rotatable bonds is 7. The summed E-state index contributed by atoms with van der Waals surface area (Å²) in [5.41, 5.74) is 0. The van der Waals surface area contributed by atoms with Crippen LogP contribution in [0.25, 0.3) is 0 Å². The van der Waals surface area contributed by atoms with Crippen molar-refractivity contribution >= 4 is 16.0 Å². The molecule has 0 unspecified atom stereocenters. The van der Waals surface area contributed by atoms with Gasteiger partial charge in [-0.1, -0.05) is 0 Å². The molecule has 9 heteroatoms. The minimum absolute atomic E-state index is 0.0765. The van der Waals surface area contributed by atoms with Gasteiger partial charge in [-0.25, -0.2) is 13.1 Å². The first-order valence-electron chi connectivity index (χ1n) is 7.50. The lowest BCUT2D eigenvalue weighted by atomic mass is 9.98. The number of ether oxygens (including phenoxy) is 2. The first-order chi connectivity index (χ1) is 11.4. The maximum absolute atomic E-state index is 12.4. The summed E-state index contributed by atoms with van der Waals surface area (Å²) >= 11 is 0. The quantitative estimate of drug-likeness (QED) is 0.642. The van der Waals surface area contributed by atoms with Crippen LogP contribution in [0.2, 0.25) is 0 Å². The van der Waals surface area contributed by atoms with E-state index in [9.17, 15) is 18.3 Å². The molecule has 2 rings (SSSR count). The van der Waals surface area contributed by atoms with E-state index in [1.54, 1.807) is 12.1 Å². The summed E-state index contributed by atoms with van der Waals surface area (Å²) in [6, 6.07) is 5.31. The van der Waals surface area contributed by atoms with Gasteiger partial charge in [-0.3, -0.25) is 4.79 Å². The van der Waals surface area contributed by atoms with Crippen LogP contribution < -0.4 is 9.46 Å². The van der Waals surface area contributed by atoms with Crippen molar-refractivity contribution in [1.29, 1.82) is 0 Å². The molecule has 1 fully saturated rings. The molecule has 1 aliphatic rings. The van der Waals surface area contributed by atoms with Crippen molar-refractivity contribution in [2.75, 3.05) is 13.7 Å². The van der Waals surface area contributed by atoms with Gasteiger partial charge in [0, 0.05) is 0 Å². The Morgan fingerprint density at radius 2 is 2.00 bits per heavy atom. The highest BCUT2D eigenvalue weighted by molar-refractivity contribution is 7.89. The van der Waals surface area contributed by atoms with E-state index in [0.29, 0.717) is 18.6 Å². The number of aliphatic hydroxyl groups excluding tert-OH is 1. The third kappa shape index (κ3) is 4.67. The van der Waals surface area contributed by atoms with Gasteiger partial charge >= 0.3 is 5.97 Å². The molecule has 0 aromatic heterocycles. The first-order valence-corrected chi connectivity index (χ1v) is 8.98. The van der Waals surface area contributed by atoms with Crippen molar-refractivity contribution in [3.63, 3.8) is 0 Å². The van der Waals surface area contributed by atoms with Crippen molar-refractivity contribution in [3.8, 4) is 5.75 Å².